The summed E-state index contributed by atoms with van der Waals surface area (Å²) in [4.78, 5) is 0. The molecule has 0 saturated carbocycles. The van der Waals surface area contributed by atoms with Gasteiger partial charge < -0.3 is 4.42 Å². The molecule has 0 unspecified atom stereocenters. The zero-order chi connectivity index (χ0) is 17.8. The molecule has 3 nitrogen and oxygen atoms in total. The summed E-state index contributed by atoms with van der Waals surface area (Å²) in [6.45, 7) is 18.7. The molecule has 1 atom stereocenters. The van der Waals surface area contributed by atoms with Crippen molar-refractivity contribution in [1.82, 2.24) is 4.67 Å². The van der Waals surface area contributed by atoms with Gasteiger partial charge in [0.05, 0.1) is 0 Å². The van der Waals surface area contributed by atoms with Crippen molar-refractivity contribution < 1.29 is 8.98 Å². The zero-order valence-corrected chi connectivity index (χ0v) is 17.2. The van der Waals surface area contributed by atoms with Crippen LogP contribution in [-0.2, 0) is 4.57 Å². The molecule has 1 aromatic rings. The van der Waals surface area contributed by atoms with Gasteiger partial charge in [-0.2, -0.15) is 0 Å². The Hall–Kier alpha value is -0.530. The molecule has 23 heavy (non-hydrogen) atoms. The van der Waals surface area contributed by atoms with Crippen LogP contribution in [0.2, 0.25) is 0 Å². The van der Waals surface area contributed by atoms with Gasteiger partial charge in [-0.05, 0) is 43.7 Å². The quantitative estimate of drug-likeness (QED) is 0.570. The highest BCUT2D eigenvalue weighted by Gasteiger charge is 2.45. The van der Waals surface area contributed by atoms with Crippen molar-refractivity contribution in [3.05, 3.63) is 17.9 Å². The number of rotatable bonds is 8. The third-order valence-corrected chi connectivity index (χ3v) is 8.11. The van der Waals surface area contributed by atoms with E-state index in [4.69, 9.17) is 4.42 Å². The zero-order valence-electron chi connectivity index (χ0n) is 16.3. The van der Waals surface area contributed by atoms with Crippen LogP contribution in [0.15, 0.2) is 16.5 Å². The maximum atomic E-state index is 14.2. The minimum absolute atomic E-state index is 0.342. The first kappa shape index (κ1) is 20.5. The van der Waals surface area contributed by atoms with Crippen LogP contribution in [-0.4, -0.2) is 22.9 Å². The Balaban J connectivity index is 3.23. The second-order valence-electron chi connectivity index (χ2n) is 8.45. The first-order valence-electron chi connectivity index (χ1n) is 8.91. The molecular weight excluding hydrogens is 305 g/mol. The number of hydrogen-bond acceptors (Lipinski definition) is 2. The first-order valence-corrected chi connectivity index (χ1v) is 10.6. The fraction of sp³-hybridized carbons (Fsp3) is 0.789. The summed E-state index contributed by atoms with van der Waals surface area (Å²) in [7, 11) is -2.79. The molecule has 0 aliphatic carbocycles. The normalized spacial score (nSPS) is 15.6. The largest absolute Gasteiger partial charge is 0.457 e. The summed E-state index contributed by atoms with van der Waals surface area (Å²) in [6, 6.07) is 3.84. The highest BCUT2D eigenvalue weighted by Crippen LogP contribution is 2.60. The van der Waals surface area contributed by atoms with Gasteiger partial charge in [0.15, 0.2) is 5.50 Å². The average molecular weight is 341 g/mol. The van der Waals surface area contributed by atoms with Crippen molar-refractivity contribution in [2.45, 2.75) is 73.4 Å². The summed E-state index contributed by atoms with van der Waals surface area (Å²) < 4.78 is 22.3. The van der Waals surface area contributed by atoms with Gasteiger partial charge in [-0.15, -0.1) is 0 Å². The van der Waals surface area contributed by atoms with E-state index < -0.39 is 7.29 Å². The van der Waals surface area contributed by atoms with E-state index in [9.17, 15) is 4.57 Å². The second kappa shape index (κ2) is 8.03. The smallest absolute Gasteiger partial charge is 0.217 e. The topological polar surface area (TPSA) is 33.5 Å². The lowest BCUT2D eigenvalue weighted by Gasteiger charge is -2.39. The van der Waals surface area contributed by atoms with Crippen LogP contribution >= 0.6 is 7.29 Å². The minimum Gasteiger partial charge on any atom is -0.457 e. The van der Waals surface area contributed by atoms with E-state index in [1.54, 1.807) is 0 Å². The lowest BCUT2D eigenvalue weighted by Crippen LogP contribution is -2.37. The summed E-state index contributed by atoms with van der Waals surface area (Å²) in [5.74, 6) is 2.03. The molecule has 0 aliphatic rings. The molecule has 0 amide bonds. The highest BCUT2D eigenvalue weighted by molar-refractivity contribution is 7.70. The highest BCUT2D eigenvalue weighted by atomic mass is 31.2. The molecular formula is C19H36NO2P. The number of aryl methyl sites for hydroxylation is 1. The molecule has 0 saturated heterocycles. The van der Waals surface area contributed by atoms with Crippen LogP contribution < -0.4 is 5.50 Å². The Labute approximate surface area is 143 Å². The third kappa shape index (κ3) is 5.22. The summed E-state index contributed by atoms with van der Waals surface area (Å²) in [5.41, 5.74) is 0.662. The Morgan fingerprint density at radius 3 is 1.83 bits per heavy atom. The molecule has 0 spiro atoms. The van der Waals surface area contributed by atoms with Crippen molar-refractivity contribution >= 4 is 12.8 Å². The molecule has 0 aliphatic heterocycles. The van der Waals surface area contributed by atoms with Crippen LogP contribution in [0.4, 0.5) is 0 Å². The van der Waals surface area contributed by atoms with Crippen LogP contribution in [0.3, 0.4) is 0 Å². The molecule has 0 radical (unpaired) electrons. The summed E-state index contributed by atoms with van der Waals surface area (Å²) in [5, 5.41) is -0.342. The van der Waals surface area contributed by atoms with Gasteiger partial charge in [0.25, 0.3) is 0 Å². The second-order valence-corrected chi connectivity index (χ2v) is 11.9. The minimum atomic E-state index is -2.79. The van der Waals surface area contributed by atoms with Gasteiger partial charge in [-0.25, -0.2) is 4.67 Å². The third-order valence-electron chi connectivity index (χ3n) is 4.26. The predicted octanol–water partition coefficient (Wildman–Crippen LogP) is 5.68. The molecule has 4 heteroatoms. The van der Waals surface area contributed by atoms with Crippen molar-refractivity contribution in [2.75, 3.05) is 13.1 Å². The van der Waals surface area contributed by atoms with Crippen molar-refractivity contribution in [3.8, 4) is 0 Å². The fourth-order valence-electron chi connectivity index (χ4n) is 2.69. The molecule has 0 bridgehead atoms. The van der Waals surface area contributed by atoms with Crippen LogP contribution in [0.5, 0.6) is 0 Å². The van der Waals surface area contributed by atoms with E-state index in [2.05, 4.69) is 53.1 Å². The number of hydrogen-bond donors (Lipinski definition) is 0. The molecule has 1 heterocycles. The van der Waals surface area contributed by atoms with Gasteiger partial charge in [-0.1, -0.05) is 48.5 Å². The van der Waals surface area contributed by atoms with Gasteiger partial charge in [0.1, 0.15) is 5.76 Å². The molecule has 1 rings (SSSR count). The Bertz CT molecular complexity index is 514. The number of nitrogens with zero attached hydrogens (tertiary/aromatic N) is 1. The van der Waals surface area contributed by atoms with Crippen LogP contribution in [0, 0.1) is 18.8 Å². The molecule has 0 N–H and O–H groups in total. The van der Waals surface area contributed by atoms with E-state index in [1.807, 2.05) is 19.1 Å². The van der Waals surface area contributed by atoms with E-state index in [0.29, 0.717) is 17.3 Å². The Morgan fingerprint density at radius 2 is 1.52 bits per heavy atom. The lowest BCUT2D eigenvalue weighted by molar-refractivity contribution is 0.345. The Morgan fingerprint density at radius 1 is 1.04 bits per heavy atom. The van der Waals surface area contributed by atoms with Gasteiger partial charge >= 0.3 is 0 Å². The van der Waals surface area contributed by atoms with Crippen molar-refractivity contribution in [1.29, 1.82) is 0 Å². The predicted molar refractivity (Wildman–Crippen MR) is 101 cm³/mol. The van der Waals surface area contributed by atoms with Gasteiger partial charge in [-0.3, -0.25) is 4.57 Å². The molecule has 0 fully saturated rings. The average Bonchev–Trinajstić information content (AvgIpc) is 2.83. The van der Waals surface area contributed by atoms with Crippen LogP contribution in [0.1, 0.15) is 67.1 Å². The standard InChI is InChI=1S/C19H36NO2P/c1-15(2)11-13-20(14-12-16(3)4)23(21,19(6,7)8)18-10-9-17(5)22-18/h9-10,15-16H,11-14H2,1-8H3/t23-/m0/s1. The summed E-state index contributed by atoms with van der Waals surface area (Å²) in [6.07, 6.45) is 2.11. The SMILES string of the molecule is Cc1ccc([P@@](=O)(N(CCC(C)C)CCC(C)C)C(C)(C)C)o1. The molecule has 134 valence electrons. The van der Waals surface area contributed by atoms with E-state index in [0.717, 1.165) is 31.7 Å². The molecule has 1 aromatic heterocycles. The lowest BCUT2D eigenvalue weighted by atomic mass is 10.1. The fourth-order valence-corrected chi connectivity index (χ4v) is 5.81. The first-order chi connectivity index (χ1) is 10.5. The maximum absolute atomic E-state index is 14.2. The van der Waals surface area contributed by atoms with E-state index >= 15 is 0 Å². The molecule has 0 aromatic carbocycles. The van der Waals surface area contributed by atoms with Crippen LogP contribution in [0.25, 0.3) is 0 Å². The van der Waals surface area contributed by atoms with Crippen molar-refractivity contribution in [3.63, 3.8) is 0 Å². The Kier molecular flexibility index (Phi) is 7.16. The van der Waals surface area contributed by atoms with Gasteiger partial charge in [0, 0.05) is 18.2 Å². The monoisotopic (exact) mass is 341 g/mol. The van der Waals surface area contributed by atoms with E-state index in [-0.39, 0.29) is 5.16 Å². The van der Waals surface area contributed by atoms with Gasteiger partial charge in [0.2, 0.25) is 7.29 Å². The number of furan rings is 1. The maximum Gasteiger partial charge on any atom is 0.217 e. The summed E-state index contributed by atoms with van der Waals surface area (Å²) >= 11 is 0. The van der Waals surface area contributed by atoms with E-state index in [1.165, 1.54) is 0 Å². The van der Waals surface area contributed by atoms with Crippen molar-refractivity contribution in [2.24, 2.45) is 11.8 Å².